The van der Waals surface area contributed by atoms with Gasteiger partial charge in [0.25, 0.3) is 0 Å². The lowest BCUT2D eigenvalue weighted by molar-refractivity contribution is 0.602. The van der Waals surface area contributed by atoms with Gasteiger partial charge in [-0.15, -0.1) is 16.9 Å². The van der Waals surface area contributed by atoms with E-state index in [2.05, 4.69) is 9.59 Å². The molecular weight excluding hydrogens is 269 g/mol. The number of rotatable bonds is 3. The van der Waals surface area contributed by atoms with Crippen molar-refractivity contribution in [2.24, 2.45) is 0 Å². The molecule has 1 aromatic heterocycles. The standard InChI is InChI=1S/C9H7ClFN3S2/c10-9-7(13-14-16-9)4-15-8-2-1-5(12)3-6(8)11/h1-3H,4,12H2. The Morgan fingerprint density at radius 1 is 1.50 bits per heavy atom. The molecule has 2 rings (SSSR count). The van der Waals surface area contributed by atoms with Gasteiger partial charge in [0.1, 0.15) is 15.8 Å². The largest absolute Gasteiger partial charge is 0.399 e. The van der Waals surface area contributed by atoms with Crippen LogP contribution in [0.1, 0.15) is 5.69 Å². The van der Waals surface area contributed by atoms with Gasteiger partial charge in [0, 0.05) is 27.9 Å². The minimum absolute atomic E-state index is 0.329. The van der Waals surface area contributed by atoms with Gasteiger partial charge in [-0.2, -0.15) is 0 Å². The van der Waals surface area contributed by atoms with Crippen LogP contribution in [0, 0.1) is 5.82 Å². The molecule has 0 amide bonds. The summed E-state index contributed by atoms with van der Waals surface area (Å²) in [4.78, 5) is 0.526. The Balaban J connectivity index is 2.08. The fourth-order valence-electron chi connectivity index (χ4n) is 1.06. The van der Waals surface area contributed by atoms with E-state index in [1.807, 2.05) is 0 Å². The summed E-state index contributed by atoms with van der Waals surface area (Å²) in [6, 6.07) is 4.60. The summed E-state index contributed by atoms with van der Waals surface area (Å²) in [6.45, 7) is 0. The Labute approximate surface area is 105 Å². The van der Waals surface area contributed by atoms with E-state index in [1.54, 1.807) is 12.1 Å². The average Bonchev–Trinajstić information content (AvgIpc) is 2.63. The molecule has 0 atom stereocenters. The molecule has 0 aliphatic carbocycles. The fraction of sp³-hybridized carbons (Fsp3) is 0.111. The Bertz CT molecular complexity index is 503. The predicted molar refractivity (Wildman–Crippen MR) is 65.3 cm³/mol. The number of aromatic nitrogens is 2. The van der Waals surface area contributed by atoms with E-state index in [-0.39, 0.29) is 5.82 Å². The maximum absolute atomic E-state index is 13.4. The highest BCUT2D eigenvalue weighted by atomic mass is 35.5. The van der Waals surface area contributed by atoms with Crippen molar-refractivity contribution in [1.29, 1.82) is 0 Å². The van der Waals surface area contributed by atoms with Gasteiger partial charge in [0.2, 0.25) is 0 Å². The van der Waals surface area contributed by atoms with Crippen LogP contribution in [0.4, 0.5) is 10.1 Å². The molecular formula is C9H7ClFN3S2. The van der Waals surface area contributed by atoms with Crippen LogP contribution in [0.25, 0.3) is 0 Å². The van der Waals surface area contributed by atoms with Crippen molar-refractivity contribution in [2.45, 2.75) is 10.6 Å². The zero-order valence-electron chi connectivity index (χ0n) is 7.98. The normalized spacial score (nSPS) is 10.6. The molecule has 0 aliphatic heterocycles. The van der Waals surface area contributed by atoms with Gasteiger partial charge in [0.15, 0.2) is 0 Å². The smallest absolute Gasteiger partial charge is 0.138 e. The molecule has 2 aromatic rings. The van der Waals surface area contributed by atoms with E-state index in [0.29, 0.717) is 26.4 Å². The average molecular weight is 276 g/mol. The van der Waals surface area contributed by atoms with E-state index < -0.39 is 0 Å². The van der Waals surface area contributed by atoms with Gasteiger partial charge in [0.05, 0.1) is 0 Å². The molecule has 0 aliphatic rings. The summed E-state index contributed by atoms with van der Waals surface area (Å²) in [5.41, 5.74) is 6.54. The van der Waals surface area contributed by atoms with Gasteiger partial charge >= 0.3 is 0 Å². The second-order valence-electron chi connectivity index (χ2n) is 2.97. The molecule has 0 fully saturated rings. The third-order valence-corrected chi connectivity index (χ3v) is 3.87. The van der Waals surface area contributed by atoms with Crippen LogP contribution in [0.3, 0.4) is 0 Å². The zero-order valence-corrected chi connectivity index (χ0v) is 10.4. The zero-order chi connectivity index (χ0) is 11.5. The minimum atomic E-state index is -0.329. The number of hydrogen-bond acceptors (Lipinski definition) is 5. The molecule has 1 heterocycles. The third kappa shape index (κ3) is 2.63. The van der Waals surface area contributed by atoms with Crippen molar-refractivity contribution in [3.05, 3.63) is 34.0 Å². The van der Waals surface area contributed by atoms with Crippen LogP contribution in [-0.2, 0) is 5.75 Å². The summed E-state index contributed by atoms with van der Waals surface area (Å²) >= 11 is 8.28. The summed E-state index contributed by atoms with van der Waals surface area (Å²) in [5.74, 6) is 0.167. The Kier molecular flexibility index (Phi) is 3.63. The molecule has 3 nitrogen and oxygen atoms in total. The van der Waals surface area contributed by atoms with E-state index >= 15 is 0 Å². The molecule has 7 heteroatoms. The monoisotopic (exact) mass is 275 g/mol. The molecule has 1 aromatic carbocycles. The first kappa shape index (κ1) is 11.6. The molecule has 0 bridgehead atoms. The van der Waals surface area contributed by atoms with Crippen LogP contribution in [0.2, 0.25) is 4.34 Å². The van der Waals surface area contributed by atoms with Crippen LogP contribution in [0.15, 0.2) is 23.1 Å². The maximum atomic E-state index is 13.4. The van der Waals surface area contributed by atoms with E-state index in [4.69, 9.17) is 17.3 Å². The van der Waals surface area contributed by atoms with Crippen molar-refractivity contribution in [3.8, 4) is 0 Å². The van der Waals surface area contributed by atoms with Crippen molar-refractivity contribution in [1.82, 2.24) is 9.59 Å². The highest BCUT2D eigenvalue weighted by molar-refractivity contribution is 7.98. The predicted octanol–water partition coefficient (Wildman–Crippen LogP) is 3.21. The number of hydrogen-bond donors (Lipinski definition) is 1. The van der Waals surface area contributed by atoms with Crippen molar-refractivity contribution in [3.63, 3.8) is 0 Å². The first-order valence-corrected chi connectivity index (χ1v) is 6.45. The summed E-state index contributed by atoms with van der Waals surface area (Å²) < 4.78 is 17.7. The molecule has 0 radical (unpaired) electrons. The second kappa shape index (κ2) is 4.99. The molecule has 2 N–H and O–H groups in total. The molecule has 0 saturated heterocycles. The quantitative estimate of drug-likeness (QED) is 0.690. The first-order chi connectivity index (χ1) is 7.66. The lowest BCUT2D eigenvalue weighted by Gasteiger charge is -2.02. The number of nitrogens with zero attached hydrogens (tertiary/aromatic N) is 2. The molecule has 16 heavy (non-hydrogen) atoms. The summed E-state index contributed by atoms with van der Waals surface area (Å²) in [7, 11) is 0. The Hall–Kier alpha value is -0.850. The second-order valence-corrected chi connectivity index (χ2v) is 5.35. The Morgan fingerprint density at radius 3 is 2.94 bits per heavy atom. The highest BCUT2D eigenvalue weighted by Crippen LogP contribution is 2.29. The van der Waals surface area contributed by atoms with Gasteiger partial charge in [-0.05, 0) is 18.2 Å². The molecule has 84 valence electrons. The van der Waals surface area contributed by atoms with E-state index in [1.165, 1.54) is 17.8 Å². The molecule has 0 saturated carbocycles. The van der Waals surface area contributed by atoms with Gasteiger partial charge in [-0.1, -0.05) is 16.1 Å². The van der Waals surface area contributed by atoms with Gasteiger partial charge in [-0.25, -0.2) is 4.39 Å². The lowest BCUT2D eigenvalue weighted by Crippen LogP contribution is -1.89. The van der Waals surface area contributed by atoms with Crippen molar-refractivity contribution < 1.29 is 4.39 Å². The number of halogens is 2. The highest BCUT2D eigenvalue weighted by Gasteiger charge is 2.08. The van der Waals surface area contributed by atoms with Crippen molar-refractivity contribution in [2.75, 3.05) is 5.73 Å². The van der Waals surface area contributed by atoms with Gasteiger partial charge in [-0.3, -0.25) is 0 Å². The maximum Gasteiger partial charge on any atom is 0.138 e. The number of thioether (sulfide) groups is 1. The van der Waals surface area contributed by atoms with Crippen LogP contribution >= 0.6 is 34.9 Å². The van der Waals surface area contributed by atoms with E-state index in [9.17, 15) is 4.39 Å². The summed E-state index contributed by atoms with van der Waals surface area (Å²) in [6.07, 6.45) is 0. The summed E-state index contributed by atoms with van der Waals surface area (Å²) in [5, 5.41) is 3.85. The first-order valence-electron chi connectivity index (χ1n) is 4.31. The van der Waals surface area contributed by atoms with Crippen LogP contribution in [0.5, 0.6) is 0 Å². The molecule has 0 spiro atoms. The topological polar surface area (TPSA) is 51.8 Å². The van der Waals surface area contributed by atoms with Crippen molar-refractivity contribution >= 4 is 40.6 Å². The van der Waals surface area contributed by atoms with E-state index in [0.717, 1.165) is 11.5 Å². The fourth-order valence-corrected chi connectivity index (χ4v) is 2.72. The van der Waals surface area contributed by atoms with Crippen LogP contribution < -0.4 is 5.73 Å². The SMILES string of the molecule is Nc1ccc(SCc2nnsc2Cl)c(F)c1. The van der Waals surface area contributed by atoms with Crippen LogP contribution in [-0.4, -0.2) is 9.59 Å². The minimum Gasteiger partial charge on any atom is -0.399 e. The lowest BCUT2D eigenvalue weighted by atomic mass is 10.3. The number of benzene rings is 1. The molecule has 0 unspecified atom stereocenters. The third-order valence-electron chi connectivity index (χ3n) is 1.83. The number of nitrogens with two attached hydrogens (primary N) is 1. The van der Waals surface area contributed by atoms with Gasteiger partial charge < -0.3 is 5.73 Å². The number of nitrogen functional groups attached to an aromatic ring is 1. The Morgan fingerprint density at radius 2 is 2.31 bits per heavy atom. The number of anilines is 1.